The van der Waals surface area contributed by atoms with Crippen LogP contribution in [0.3, 0.4) is 0 Å². The van der Waals surface area contributed by atoms with Crippen LogP contribution in [0.1, 0.15) is 5.56 Å². The van der Waals surface area contributed by atoms with E-state index in [1.54, 1.807) is 0 Å². The van der Waals surface area contributed by atoms with Crippen LogP contribution in [0.25, 0.3) is 10.4 Å². The molecule has 0 N–H and O–H groups in total. The predicted molar refractivity (Wildman–Crippen MR) is 85.3 cm³/mol. The van der Waals surface area contributed by atoms with Gasteiger partial charge in [-0.15, -0.1) is 0 Å². The van der Waals surface area contributed by atoms with E-state index in [2.05, 4.69) is 44.7 Å². The highest BCUT2D eigenvalue weighted by atomic mass is 127. The number of benzene rings is 1. The number of azide groups is 1. The van der Waals surface area contributed by atoms with E-state index < -0.39 is 0 Å². The third-order valence-corrected chi connectivity index (χ3v) is 3.23. The Hall–Kier alpha value is -1.02. The van der Waals surface area contributed by atoms with Crippen LogP contribution in [0.2, 0.25) is 0 Å². The van der Waals surface area contributed by atoms with Crippen molar-refractivity contribution < 1.29 is 14.2 Å². The molecule has 0 heterocycles. The molecule has 0 aliphatic heterocycles. The number of rotatable bonds is 11. The maximum absolute atomic E-state index is 8.05. The third kappa shape index (κ3) is 8.21. The lowest BCUT2D eigenvalue weighted by molar-refractivity contribution is 0.0388. The van der Waals surface area contributed by atoms with Crippen LogP contribution >= 0.6 is 22.6 Å². The minimum Gasteiger partial charge on any atom is -0.491 e. The number of hydrogen-bond acceptors (Lipinski definition) is 4. The topological polar surface area (TPSA) is 76.5 Å². The second kappa shape index (κ2) is 11.8. The second-order valence-corrected chi connectivity index (χ2v) is 4.57. The summed E-state index contributed by atoms with van der Waals surface area (Å²) in [5.74, 6) is 0.854. The van der Waals surface area contributed by atoms with E-state index in [0.717, 1.165) is 10.2 Å². The van der Waals surface area contributed by atoms with Gasteiger partial charge in [-0.1, -0.05) is 39.8 Å². The Morgan fingerprint density at radius 3 is 2.30 bits per heavy atom. The standard InChI is InChI=1S/C13H18IN3O3/c14-11-12-1-3-13(4-2-12)20-10-9-19-8-7-18-6-5-16-17-15/h1-4H,5-11H2. The number of ether oxygens (including phenoxy) is 3. The number of hydrogen-bond donors (Lipinski definition) is 0. The van der Waals surface area contributed by atoms with Crippen molar-refractivity contribution in [2.45, 2.75) is 4.43 Å². The van der Waals surface area contributed by atoms with Gasteiger partial charge < -0.3 is 14.2 Å². The second-order valence-electron chi connectivity index (χ2n) is 3.81. The molecule has 1 rings (SSSR count). The Bertz CT molecular complexity index is 408. The summed E-state index contributed by atoms with van der Waals surface area (Å²) in [6.45, 7) is 2.81. The number of alkyl halides is 1. The summed E-state index contributed by atoms with van der Waals surface area (Å²) >= 11 is 2.33. The minimum absolute atomic E-state index is 0.354. The molecule has 0 amide bonds. The zero-order chi connectivity index (χ0) is 14.5. The minimum atomic E-state index is 0.354. The lowest BCUT2D eigenvalue weighted by atomic mass is 10.2. The molecule has 0 unspecified atom stereocenters. The van der Waals surface area contributed by atoms with E-state index in [-0.39, 0.29) is 0 Å². The van der Waals surface area contributed by atoms with Gasteiger partial charge in [0, 0.05) is 15.9 Å². The largest absolute Gasteiger partial charge is 0.491 e. The van der Waals surface area contributed by atoms with Crippen molar-refractivity contribution in [2.24, 2.45) is 5.11 Å². The fourth-order valence-electron chi connectivity index (χ4n) is 1.37. The van der Waals surface area contributed by atoms with Crippen LogP contribution in [0, 0.1) is 0 Å². The SMILES string of the molecule is [N-]=[N+]=NCCOCCOCCOc1ccc(CI)cc1. The fraction of sp³-hybridized carbons (Fsp3) is 0.538. The molecule has 0 saturated carbocycles. The Balaban J connectivity index is 1.95. The van der Waals surface area contributed by atoms with Gasteiger partial charge in [-0.3, -0.25) is 0 Å². The normalized spacial score (nSPS) is 10.1. The Kier molecular flexibility index (Phi) is 10.0. The van der Waals surface area contributed by atoms with Crippen LogP contribution in [0.15, 0.2) is 29.4 Å². The van der Waals surface area contributed by atoms with Gasteiger partial charge in [0.15, 0.2) is 0 Å². The molecule has 1 aromatic rings. The van der Waals surface area contributed by atoms with E-state index in [0.29, 0.717) is 39.6 Å². The molecule has 6 nitrogen and oxygen atoms in total. The van der Waals surface area contributed by atoms with Gasteiger partial charge >= 0.3 is 0 Å². The summed E-state index contributed by atoms with van der Waals surface area (Å²) in [6.07, 6.45) is 0. The third-order valence-electron chi connectivity index (χ3n) is 2.34. The highest BCUT2D eigenvalue weighted by molar-refractivity contribution is 14.1. The van der Waals surface area contributed by atoms with Gasteiger partial charge in [-0.25, -0.2) is 0 Å². The van der Waals surface area contributed by atoms with Crippen molar-refractivity contribution in [2.75, 3.05) is 39.6 Å². The lowest BCUT2D eigenvalue weighted by Gasteiger charge is -2.07. The molecular formula is C13H18IN3O3. The van der Waals surface area contributed by atoms with Crippen molar-refractivity contribution in [3.8, 4) is 5.75 Å². The summed E-state index contributed by atoms with van der Waals surface area (Å²) in [5, 5.41) is 3.36. The summed E-state index contributed by atoms with van der Waals surface area (Å²) in [6, 6.07) is 8.04. The van der Waals surface area contributed by atoms with E-state index in [1.165, 1.54) is 5.56 Å². The molecule has 0 aliphatic rings. The smallest absolute Gasteiger partial charge is 0.119 e. The van der Waals surface area contributed by atoms with Gasteiger partial charge in [0.2, 0.25) is 0 Å². The van der Waals surface area contributed by atoms with E-state index in [1.807, 2.05) is 12.1 Å². The van der Waals surface area contributed by atoms with Crippen molar-refractivity contribution in [3.63, 3.8) is 0 Å². The van der Waals surface area contributed by atoms with Crippen LogP contribution in [0.5, 0.6) is 5.75 Å². The van der Waals surface area contributed by atoms with Crippen molar-refractivity contribution in [1.29, 1.82) is 0 Å². The van der Waals surface area contributed by atoms with Gasteiger partial charge in [-0.05, 0) is 23.2 Å². The predicted octanol–water partition coefficient (Wildman–Crippen LogP) is 3.34. The van der Waals surface area contributed by atoms with E-state index in [4.69, 9.17) is 19.7 Å². The van der Waals surface area contributed by atoms with Gasteiger partial charge in [0.25, 0.3) is 0 Å². The zero-order valence-corrected chi connectivity index (χ0v) is 13.4. The maximum atomic E-state index is 8.05. The van der Waals surface area contributed by atoms with Crippen molar-refractivity contribution in [3.05, 3.63) is 40.3 Å². The molecule has 0 aliphatic carbocycles. The molecular weight excluding hydrogens is 373 g/mol. The molecule has 0 bridgehead atoms. The van der Waals surface area contributed by atoms with Gasteiger partial charge in [0.05, 0.1) is 26.4 Å². The summed E-state index contributed by atoms with van der Waals surface area (Å²) in [7, 11) is 0. The molecule has 1 aromatic carbocycles. The highest BCUT2D eigenvalue weighted by Gasteiger charge is 1.95. The number of halogens is 1. The van der Waals surface area contributed by atoms with Gasteiger partial charge in [-0.2, -0.15) is 0 Å². The average molecular weight is 391 g/mol. The molecule has 20 heavy (non-hydrogen) atoms. The molecule has 0 fully saturated rings. The van der Waals surface area contributed by atoms with Crippen LogP contribution in [0.4, 0.5) is 0 Å². The van der Waals surface area contributed by atoms with Gasteiger partial charge in [0.1, 0.15) is 12.4 Å². The van der Waals surface area contributed by atoms with Crippen LogP contribution in [-0.4, -0.2) is 39.6 Å². The lowest BCUT2D eigenvalue weighted by Crippen LogP contribution is -2.11. The van der Waals surface area contributed by atoms with Crippen LogP contribution < -0.4 is 4.74 Å². The molecule has 0 radical (unpaired) electrons. The monoisotopic (exact) mass is 391 g/mol. The summed E-state index contributed by atoms with van der Waals surface area (Å²) in [4.78, 5) is 2.63. The Morgan fingerprint density at radius 1 is 1.00 bits per heavy atom. The average Bonchev–Trinajstić information content (AvgIpc) is 2.50. The van der Waals surface area contributed by atoms with E-state index >= 15 is 0 Å². The first-order valence-corrected chi connectivity index (χ1v) is 7.83. The molecule has 0 atom stereocenters. The zero-order valence-electron chi connectivity index (χ0n) is 11.2. The molecule has 0 saturated heterocycles. The molecule has 0 spiro atoms. The highest BCUT2D eigenvalue weighted by Crippen LogP contribution is 2.13. The van der Waals surface area contributed by atoms with Crippen LogP contribution in [-0.2, 0) is 13.9 Å². The number of nitrogens with zero attached hydrogens (tertiary/aromatic N) is 3. The Morgan fingerprint density at radius 2 is 1.65 bits per heavy atom. The first kappa shape index (κ1) is 17.0. The quantitative estimate of drug-likeness (QED) is 0.145. The first-order chi connectivity index (χ1) is 9.86. The molecule has 110 valence electrons. The first-order valence-electron chi connectivity index (χ1n) is 6.31. The van der Waals surface area contributed by atoms with Crippen molar-refractivity contribution >= 4 is 22.6 Å². The fourth-order valence-corrected chi connectivity index (χ4v) is 1.87. The van der Waals surface area contributed by atoms with E-state index in [9.17, 15) is 0 Å². The Labute approximate surface area is 132 Å². The summed E-state index contributed by atoms with van der Waals surface area (Å²) in [5.41, 5.74) is 9.34. The maximum Gasteiger partial charge on any atom is 0.119 e. The molecule has 0 aromatic heterocycles. The molecule has 7 heteroatoms. The summed E-state index contributed by atoms with van der Waals surface area (Å²) < 4.78 is 17.1. The van der Waals surface area contributed by atoms with Crippen molar-refractivity contribution in [1.82, 2.24) is 0 Å².